The zero-order valence-electron chi connectivity index (χ0n) is 14.8. The third kappa shape index (κ3) is 5.30. The molecule has 0 bridgehead atoms. The van der Waals surface area contributed by atoms with E-state index < -0.39 is 0 Å². The molecular weight excluding hydrogens is 316 g/mol. The summed E-state index contributed by atoms with van der Waals surface area (Å²) in [7, 11) is 0. The summed E-state index contributed by atoms with van der Waals surface area (Å²) in [4.78, 5) is 25.9. The van der Waals surface area contributed by atoms with Crippen molar-refractivity contribution in [3.63, 3.8) is 0 Å². The average Bonchev–Trinajstić information content (AvgIpc) is 3.07. The van der Waals surface area contributed by atoms with Crippen LogP contribution in [0.4, 0.5) is 0 Å². The summed E-state index contributed by atoms with van der Waals surface area (Å²) < 4.78 is 6.03. The summed E-state index contributed by atoms with van der Waals surface area (Å²) in [5.41, 5.74) is 1.16. The van der Waals surface area contributed by atoms with Crippen LogP contribution in [-0.2, 0) is 20.9 Å². The van der Waals surface area contributed by atoms with Gasteiger partial charge in [-0.25, -0.2) is 0 Å². The number of amides is 2. The highest BCUT2D eigenvalue weighted by atomic mass is 16.5. The first-order valence-electron chi connectivity index (χ1n) is 9.45. The maximum Gasteiger partial charge on any atom is 0.222 e. The number of hydrogen-bond donors (Lipinski definition) is 1. The number of piperidine rings is 1. The number of likely N-dealkylation sites (tertiary alicyclic amines) is 1. The van der Waals surface area contributed by atoms with Crippen LogP contribution in [0.1, 0.15) is 50.5 Å². The van der Waals surface area contributed by atoms with Crippen LogP contribution in [0, 0.1) is 0 Å². The number of benzene rings is 1. The predicted molar refractivity (Wildman–Crippen MR) is 95.8 cm³/mol. The monoisotopic (exact) mass is 344 g/mol. The first-order chi connectivity index (χ1) is 12.2. The number of ether oxygens (including phenoxy) is 1. The quantitative estimate of drug-likeness (QED) is 0.827. The molecule has 2 fully saturated rings. The lowest BCUT2D eigenvalue weighted by molar-refractivity contribution is -0.134. The Balaban J connectivity index is 1.41. The molecule has 0 radical (unpaired) electrons. The van der Waals surface area contributed by atoms with Gasteiger partial charge in [0.15, 0.2) is 0 Å². The van der Waals surface area contributed by atoms with E-state index in [4.69, 9.17) is 4.74 Å². The normalized spacial score (nSPS) is 23.7. The van der Waals surface area contributed by atoms with Crippen molar-refractivity contribution in [2.75, 3.05) is 13.1 Å². The van der Waals surface area contributed by atoms with Gasteiger partial charge in [-0.1, -0.05) is 30.3 Å². The molecule has 1 saturated heterocycles. The Hall–Kier alpha value is -1.88. The van der Waals surface area contributed by atoms with Crippen LogP contribution in [0.15, 0.2) is 30.3 Å². The van der Waals surface area contributed by atoms with Gasteiger partial charge in [-0.05, 0) is 37.7 Å². The van der Waals surface area contributed by atoms with E-state index in [9.17, 15) is 9.59 Å². The van der Waals surface area contributed by atoms with Crippen molar-refractivity contribution in [3.05, 3.63) is 35.9 Å². The first kappa shape index (κ1) is 17.9. The van der Waals surface area contributed by atoms with Gasteiger partial charge in [-0.3, -0.25) is 9.59 Å². The number of rotatable bonds is 7. The molecular formula is C20H28N2O3. The van der Waals surface area contributed by atoms with Crippen molar-refractivity contribution in [1.82, 2.24) is 10.2 Å². The van der Waals surface area contributed by atoms with Crippen LogP contribution in [0.25, 0.3) is 0 Å². The summed E-state index contributed by atoms with van der Waals surface area (Å²) in [6.45, 7) is 1.91. The van der Waals surface area contributed by atoms with Crippen molar-refractivity contribution in [2.45, 2.75) is 63.7 Å². The fourth-order valence-electron chi connectivity index (χ4n) is 3.68. The van der Waals surface area contributed by atoms with Crippen LogP contribution in [-0.4, -0.2) is 41.9 Å². The Morgan fingerprint density at radius 1 is 1.16 bits per heavy atom. The largest absolute Gasteiger partial charge is 0.371 e. The topological polar surface area (TPSA) is 58.6 Å². The molecule has 1 heterocycles. The van der Waals surface area contributed by atoms with Crippen molar-refractivity contribution < 1.29 is 14.3 Å². The minimum Gasteiger partial charge on any atom is -0.371 e. The smallest absolute Gasteiger partial charge is 0.222 e. The molecule has 0 aromatic heterocycles. The van der Waals surface area contributed by atoms with Gasteiger partial charge < -0.3 is 15.0 Å². The molecule has 5 heteroatoms. The highest BCUT2D eigenvalue weighted by molar-refractivity contribution is 5.79. The second-order valence-electron chi connectivity index (χ2n) is 7.03. The Bertz CT molecular complexity index is 576. The Morgan fingerprint density at radius 2 is 2.00 bits per heavy atom. The van der Waals surface area contributed by atoms with E-state index in [0.29, 0.717) is 26.0 Å². The standard InChI is InChI=1S/C20H28N2O3/c23-19(12-14-22-13-5-4-11-20(22)24)21-17-9-6-10-18(17)25-15-16-7-2-1-3-8-16/h1-3,7-8,17-18H,4-6,9-15H2,(H,21,23)/t17-,18-/m1/s1. The molecule has 25 heavy (non-hydrogen) atoms. The third-order valence-electron chi connectivity index (χ3n) is 5.14. The van der Waals surface area contributed by atoms with Crippen LogP contribution in [0.3, 0.4) is 0 Å². The zero-order valence-corrected chi connectivity index (χ0v) is 14.8. The Labute approximate surface area is 149 Å². The second kappa shape index (κ2) is 8.99. The van der Waals surface area contributed by atoms with Gasteiger partial charge in [0, 0.05) is 25.9 Å². The van der Waals surface area contributed by atoms with E-state index in [2.05, 4.69) is 17.4 Å². The van der Waals surface area contributed by atoms with Gasteiger partial charge in [0.05, 0.1) is 18.8 Å². The number of nitrogens with zero attached hydrogens (tertiary/aromatic N) is 1. The van der Waals surface area contributed by atoms with E-state index in [-0.39, 0.29) is 24.0 Å². The van der Waals surface area contributed by atoms with Crippen molar-refractivity contribution >= 4 is 11.8 Å². The molecule has 1 N–H and O–H groups in total. The zero-order chi connectivity index (χ0) is 17.5. The Morgan fingerprint density at radius 3 is 2.80 bits per heavy atom. The molecule has 0 unspecified atom stereocenters. The van der Waals surface area contributed by atoms with Gasteiger partial charge >= 0.3 is 0 Å². The minimum absolute atomic E-state index is 0.0265. The lowest BCUT2D eigenvalue weighted by atomic mass is 10.1. The summed E-state index contributed by atoms with van der Waals surface area (Å²) >= 11 is 0. The van der Waals surface area contributed by atoms with Crippen LogP contribution in [0.5, 0.6) is 0 Å². The minimum atomic E-state index is 0.0265. The lowest BCUT2D eigenvalue weighted by Gasteiger charge is -2.27. The SMILES string of the molecule is O=C(CCN1CCCCC1=O)N[C@@H]1CCC[C@H]1OCc1ccccc1. The number of nitrogens with one attached hydrogen (secondary N) is 1. The van der Waals surface area contributed by atoms with Gasteiger partial charge in [-0.2, -0.15) is 0 Å². The average molecular weight is 344 g/mol. The lowest BCUT2D eigenvalue weighted by Crippen LogP contribution is -2.43. The number of hydrogen-bond acceptors (Lipinski definition) is 3. The fraction of sp³-hybridized carbons (Fsp3) is 0.600. The van der Waals surface area contributed by atoms with Crippen molar-refractivity contribution in [3.8, 4) is 0 Å². The molecule has 1 aliphatic carbocycles. The van der Waals surface area contributed by atoms with Crippen molar-refractivity contribution in [1.29, 1.82) is 0 Å². The highest BCUT2D eigenvalue weighted by Crippen LogP contribution is 2.23. The number of carbonyl (C=O) groups excluding carboxylic acids is 2. The van der Waals surface area contributed by atoms with E-state index in [1.807, 2.05) is 23.1 Å². The van der Waals surface area contributed by atoms with Crippen LogP contribution in [0.2, 0.25) is 0 Å². The van der Waals surface area contributed by atoms with E-state index >= 15 is 0 Å². The first-order valence-corrected chi connectivity index (χ1v) is 9.45. The molecule has 1 aromatic rings. The molecule has 0 spiro atoms. The summed E-state index contributed by atoms with van der Waals surface area (Å²) in [6.07, 6.45) is 6.15. The van der Waals surface area contributed by atoms with Crippen LogP contribution < -0.4 is 5.32 Å². The third-order valence-corrected chi connectivity index (χ3v) is 5.14. The maximum atomic E-state index is 12.3. The van der Waals surface area contributed by atoms with E-state index in [1.165, 1.54) is 0 Å². The van der Waals surface area contributed by atoms with Gasteiger partial charge in [0.25, 0.3) is 0 Å². The second-order valence-corrected chi connectivity index (χ2v) is 7.03. The van der Waals surface area contributed by atoms with Gasteiger partial charge in [0.2, 0.25) is 11.8 Å². The van der Waals surface area contributed by atoms with Gasteiger partial charge in [0.1, 0.15) is 0 Å². The van der Waals surface area contributed by atoms with E-state index in [0.717, 1.165) is 44.2 Å². The maximum absolute atomic E-state index is 12.3. The molecule has 5 nitrogen and oxygen atoms in total. The molecule has 1 aliphatic heterocycles. The van der Waals surface area contributed by atoms with Crippen molar-refractivity contribution in [2.24, 2.45) is 0 Å². The summed E-state index contributed by atoms with van der Waals surface area (Å²) in [6, 6.07) is 10.2. The molecule has 2 atom stereocenters. The Kier molecular flexibility index (Phi) is 6.45. The molecule has 1 saturated carbocycles. The summed E-state index contributed by atoms with van der Waals surface area (Å²) in [5, 5.41) is 3.12. The molecule has 2 aliphatic rings. The van der Waals surface area contributed by atoms with E-state index in [1.54, 1.807) is 0 Å². The fourth-order valence-corrected chi connectivity index (χ4v) is 3.68. The summed E-state index contributed by atoms with van der Waals surface area (Å²) in [5.74, 6) is 0.211. The predicted octanol–water partition coefficient (Wildman–Crippen LogP) is 2.64. The molecule has 136 valence electrons. The highest BCUT2D eigenvalue weighted by Gasteiger charge is 2.29. The number of carbonyl (C=O) groups is 2. The molecule has 2 amide bonds. The molecule has 1 aromatic carbocycles. The van der Waals surface area contributed by atoms with Gasteiger partial charge in [-0.15, -0.1) is 0 Å². The molecule has 3 rings (SSSR count). The van der Waals surface area contributed by atoms with Crippen LogP contribution >= 0.6 is 0 Å².